The number of aryl methyl sites for hydroxylation is 1. The molecule has 1 aliphatic rings. The van der Waals surface area contributed by atoms with E-state index in [1.54, 1.807) is 6.07 Å². The summed E-state index contributed by atoms with van der Waals surface area (Å²) in [5, 5.41) is 13.9. The van der Waals surface area contributed by atoms with E-state index in [2.05, 4.69) is 5.32 Å². The third kappa shape index (κ3) is 2.47. The Labute approximate surface area is 98.7 Å². The molecule has 0 radical (unpaired) electrons. The van der Waals surface area contributed by atoms with Crippen LogP contribution in [0.1, 0.15) is 12.0 Å². The summed E-state index contributed by atoms with van der Waals surface area (Å²) >= 11 is 0. The van der Waals surface area contributed by atoms with Crippen LogP contribution >= 0.6 is 0 Å². The number of nitrogens with zero attached hydrogens (tertiary/aromatic N) is 1. The van der Waals surface area contributed by atoms with Crippen molar-refractivity contribution in [2.45, 2.75) is 12.8 Å². The van der Waals surface area contributed by atoms with Gasteiger partial charge in [-0.2, -0.15) is 0 Å². The molecule has 0 saturated carbocycles. The summed E-state index contributed by atoms with van der Waals surface area (Å²) in [6.07, 6.45) is 1.70. The van der Waals surface area contributed by atoms with Crippen molar-refractivity contribution < 1.29 is 14.4 Å². The van der Waals surface area contributed by atoms with Crippen LogP contribution in [0.3, 0.4) is 0 Å². The van der Waals surface area contributed by atoms with Crippen LogP contribution < -0.4 is 14.8 Å². The highest BCUT2D eigenvalue weighted by Crippen LogP contribution is 2.41. The van der Waals surface area contributed by atoms with Gasteiger partial charge in [-0.15, -0.1) is 0 Å². The van der Waals surface area contributed by atoms with Gasteiger partial charge in [-0.05, 0) is 38.1 Å². The Bertz CT molecular complexity index is 434. The van der Waals surface area contributed by atoms with E-state index in [0.29, 0.717) is 5.75 Å². The van der Waals surface area contributed by atoms with Crippen LogP contribution in [0, 0.1) is 10.1 Å². The van der Waals surface area contributed by atoms with Gasteiger partial charge in [-0.1, -0.05) is 0 Å². The lowest BCUT2D eigenvalue weighted by atomic mass is 10.1. The minimum Gasteiger partial charge on any atom is -0.453 e. The average Bonchev–Trinajstić information content (AvgIpc) is 2.76. The zero-order valence-corrected chi connectivity index (χ0v) is 9.56. The van der Waals surface area contributed by atoms with Crippen molar-refractivity contribution in [2.75, 3.05) is 20.4 Å². The van der Waals surface area contributed by atoms with E-state index in [0.717, 1.165) is 24.9 Å². The van der Waals surface area contributed by atoms with Crippen LogP contribution in [-0.4, -0.2) is 25.3 Å². The minimum absolute atomic E-state index is 0.0144. The summed E-state index contributed by atoms with van der Waals surface area (Å²) in [5.74, 6) is 0.714. The lowest BCUT2D eigenvalue weighted by Gasteiger charge is -2.04. The zero-order chi connectivity index (χ0) is 12.3. The Morgan fingerprint density at radius 2 is 2.29 bits per heavy atom. The first-order chi connectivity index (χ1) is 8.22. The minimum atomic E-state index is -0.435. The molecule has 0 fully saturated rings. The molecule has 0 aliphatic carbocycles. The molecule has 0 amide bonds. The molecule has 0 saturated heterocycles. The predicted octanol–water partition coefficient (Wildman–Crippen LogP) is 1.48. The summed E-state index contributed by atoms with van der Waals surface area (Å²) in [6, 6.07) is 3.37. The molecule has 0 bridgehead atoms. The second-order valence-corrected chi connectivity index (χ2v) is 3.81. The second kappa shape index (κ2) is 5.01. The first-order valence-electron chi connectivity index (χ1n) is 5.44. The summed E-state index contributed by atoms with van der Waals surface area (Å²) in [7, 11) is 1.88. The Morgan fingerprint density at radius 3 is 3.00 bits per heavy atom. The zero-order valence-electron chi connectivity index (χ0n) is 9.56. The van der Waals surface area contributed by atoms with Gasteiger partial charge in [0.05, 0.1) is 4.92 Å². The summed E-state index contributed by atoms with van der Waals surface area (Å²) < 4.78 is 10.3. The SMILES string of the molecule is CNCCCc1cc2c(c([N+](=O)[O-])c1)OCO2. The molecule has 1 heterocycles. The van der Waals surface area contributed by atoms with Crippen molar-refractivity contribution in [1.82, 2.24) is 5.32 Å². The van der Waals surface area contributed by atoms with Crippen molar-refractivity contribution in [2.24, 2.45) is 0 Å². The van der Waals surface area contributed by atoms with Crippen LogP contribution in [-0.2, 0) is 6.42 Å². The van der Waals surface area contributed by atoms with Gasteiger partial charge in [0, 0.05) is 6.07 Å². The van der Waals surface area contributed by atoms with E-state index < -0.39 is 4.92 Å². The first-order valence-corrected chi connectivity index (χ1v) is 5.44. The van der Waals surface area contributed by atoms with Crippen molar-refractivity contribution in [3.05, 3.63) is 27.8 Å². The van der Waals surface area contributed by atoms with Gasteiger partial charge in [0.1, 0.15) is 0 Å². The molecule has 92 valence electrons. The summed E-state index contributed by atoms with van der Waals surface area (Å²) in [4.78, 5) is 10.5. The molecule has 0 spiro atoms. The smallest absolute Gasteiger partial charge is 0.315 e. The van der Waals surface area contributed by atoms with E-state index in [9.17, 15) is 10.1 Å². The number of benzene rings is 1. The Morgan fingerprint density at radius 1 is 1.47 bits per heavy atom. The van der Waals surface area contributed by atoms with E-state index in [1.165, 1.54) is 0 Å². The molecule has 1 aromatic carbocycles. The highest BCUT2D eigenvalue weighted by molar-refractivity contribution is 5.59. The fourth-order valence-corrected chi connectivity index (χ4v) is 1.80. The van der Waals surface area contributed by atoms with Crippen LogP contribution in [0.25, 0.3) is 0 Å². The Balaban J connectivity index is 2.23. The first kappa shape index (κ1) is 11.7. The van der Waals surface area contributed by atoms with Crippen molar-refractivity contribution in [1.29, 1.82) is 0 Å². The van der Waals surface area contributed by atoms with Crippen LogP contribution in [0.15, 0.2) is 12.1 Å². The Hall–Kier alpha value is -1.82. The molecule has 17 heavy (non-hydrogen) atoms. The maximum atomic E-state index is 10.9. The van der Waals surface area contributed by atoms with Crippen molar-refractivity contribution in [3.63, 3.8) is 0 Å². The molecular formula is C11H14N2O4. The molecule has 0 atom stereocenters. The predicted molar refractivity (Wildman–Crippen MR) is 61.5 cm³/mol. The quantitative estimate of drug-likeness (QED) is 0.477. The van der Waals surface area contributed by atoms with Gasteiger partial charge in [-0.25, -0.2) is 0 Å². The average molecular weight is 238 g/mol. The number of hydrogen-bond donors (Lipinski definition) is 1. The van der Waals surface area contributed by atoms with E-state index in [4.69, 9.17) is 9.47 Å². The maximum absolute atomic E-state index is 10.9. The van der Waals surface area contributed by atoms with Gasteiger partial charge in [-0.3, -0.25) is 10.1 Å². The molecule has 6 heteroatoms. The maximum Gasteiger partial charge on any atom is 0.315 e. The molecule has 0 unspecified atom stereocenters. The van der Waals surface area contributed by atoms with E-state index in [1.807, 2.05) is 13.1 Å². The number of nitro groups is 1. The van der Waals surface area contributed by atoms with Crippen LogP contribution in [0.2, 0.25) is 0 Å². The lowest BCUT2D eigenvalue weighted by molar-refractivity contribution is -0.385. The second-order valence-electron chi connectivity index (χ2n) is 3.81. The van der Waals surface area contributed by atoms with Gasteiger partial charge < -0.3 is 14.8 Å². The molecule has 2 rings (SSSR count). The number of ether oxygens (including phenoxy) is 2. The van der Waals surface area contributed by atoms with E-state index >= 15 is 0 Å². The van der Waals surface area contributed by atoms with Gasteiger partial charge in [0.15, 0.2) is 5.75 Å². The fraction of sp³-hybridized carbons (Fsp3) is 0.455. The van der Waals surface area contributed by atoms with Gasteiger partial charge >= 0.3 is 5.69 Å². The van der Waals surface area contributed by atoms with Crippen molar-refractivity contribution in [3.8, 4) is 11.5 Å². The number of rotatable bonds is 5. The van der Waals surface area contributed by atoms with Gasteiger partial charge in [0.25, 0.3) is 0 Å². The van der Waals surface area contributed by atoms with E-state index in [-0.39, 0.29) is 18.2 Å². The molecule has 1 aliphatic heterocycles. The summed E-state index contributed by atoms with van der Waals surface area (Å²) in [6.45, 7) is 0.929. The van der Waals surface area contributed by atoms with Crippen molar-refractivity contribution >= 4 is 5.69 Å². The Kier molecular flexibility index (Phi) is 3.43. The monoisotopic (exact) mass is 238 g/mol. The normalized spacial score (nSPS) is 12.8. The fourth-order valence-electron chi connectivity index (χ4n) is 1.80. The summed E-state index contributed by atoms with van der Waals surface area (Å²) in [5.41, 5.74) is 0.885. The largest absolute Gasteiger partial charge is 0.453 e. The number of nitro benzene ring substituents is 1. The molecule has 1 aromatic rings. The highest BCUT2D eigenvalue weighted by Gasteiger charge is 2.26. The molecule has 0 aromatic heterocycles. The molecular weight excluding hydrogens is 224 g/mol. The number of hydrogen-bond acceptors (Lipinski definition) is 5. The lowest BCUT2D eigenvalue weighted by Crippen LogP contribution is -2.08. The number of fused-ring (bicyclic) bond motifs is 1. The third-order valence-corrected chi connectivity index (χ3v) is 2.60. The topological polar surface area (TPSA) is 73.6 Å². The number of nitrogens with one attached hydrogen (secondary N) is 1. The third-order valence-electron chi connectivity index (χ3n) is 2.60. The molecule has 6 nitrogen and oxygen atoms in total. The van der Waals surface area contributed by atoms with Crippen LogP contribution in [0.5, 0.6) is 11.5 Å². The highest BCUT2D eigenvalue weighted by atomic mass is 16.7. The molecule has 1 N–H and O–H groups in total. The van der Waals surface area contributed by atoms with Gasteiger partial charge in [0.2, 0.25) is 12.5 Å². The van der Waals surface area contributed by atoms with Crippen LogP contribution in [0.4, 0.5) is 5.69 Å². The standard InChI is InChI=1S/C11H14N2O4/c1-12-4-2-3-8-5-9(13(14)15)11-10(6-8)16-7-17-11/h5-6,12H,2-4,7H2,1H3.